The molecule has 0 saturated heterocycles. The van der Waals surface area contributed by atoms with Crippen LogP contribution in [0.3, 0.4) is 0 Å². The van der Waals surface area contributed by atoms with Gasteiger partial charge < -0.3 is 5.11 Å². The Balaban J connectivity index is 2.50. The molecule has 1 unspecified atom stereocenters. The van der Waals surface area contributed by atoms with E-state index in [4.69, 9.17) is 0 Å². The number of likely N-dealkylation sites (N-methyl/N-ethyl adjacent to an activating group) is 1. The van der Waals surface area contributed by atoms with Crippen LogP contribution in [-0.4, -0.2) is 23.6 Å². The minimum atomic E-state index is -0.691. The number of fused-ring (bicyclic) bond motifs is 1. The fraction of sp³-hybridized carbons (Fsp3) is 0.455. The monoisotopic (exact) mass is 177 g/mol. The zero-order valence-corrected chi connectivity index (χ0v) is 8.12. The minimum Gasteiger partial charge on any atom is -0.384 e. The highest BCUT2D eigenvalue weighted by Crippen LogP contribution is 2.30. The maximum absolute atomic E-state index is 10.2. The van der Waals surface area contributed by atoms with Gasteiger partial charge >= 0.3 is 0 Å². The predicted octanol–water partition coefficient (Wildman–Crippen LogP) is 1.34. The Morgan fingerprint density at radius 3 is 2.85 bits per heavy atom. The molecule has 0 bridgehead atoms. The van der Waals surface area contributed by atoms with Crippen LogP contribution in [0.2, 0.25) is 0 Å². The summed E-state index contributed by atoms with van der Waals surface area (Å²) in [5.41, 5.74) is 1.62. The van der Waals surface area contributed by atoms with Gasteiger partial charge in [0.1, 0.15) is 0 Å². The van der Waals surface area contributed by atoms with E-state index in [9.17, 15) is 5.11 Å². The van der Waals surface area contributed by atoms with Crippen LogP contribution in [0, 0.1) is 0 Å². The summed E-state index contributed by atoms with van der Waals surface area (Å²) in [6.45, 7) is 3.53. The second kappa shape index (κ2) is 2.82. The van der Waals surface area contributed by atoms with Gasteiger partial charge in [0.2, 0.25) is 0 Å². The van der Waals surface area contributed by atoms with Crippen molar-refractivity contribution in [2.75, 3.05) is 13.6 Å². The van der Waals surface area contributed by atoms with Crippen molar-refractivity contribution in [3.63, 3.8) is 0 Å². The van der Waals surface area contributed by atoms with Crippen LogP contribution < -0.4 is 0 Å². The summed E-state index contributed by atoms with van der Waals surface area (Å²) in [6.07, 6.45) is 0. The smallest absolute Gasteiger partial charge is 0.0997 e. The molecule has 1 atom stereocenters. The third-order valence-corrected chi connectivity index (χ3v) is 2.62. The maximum atomic E-state index is 10.2. The van der Waals surface area contributed by atoms with E-state index in [1.165, 1.54) is 5.56 Å². The molecular weight excluding hydrogens is 162 g/mol. The van der Waals surface area contributed by atoms with Crippen molar-refractivity contribution in [3.8, 4) is 0 Å². The Bertz CT molecular complexity index is 320. The molecule has 0 fully saturated rings. The van der Waals surface area contributed by atoms with Gasteiger partial charge in [-0.2, -0.15) is 0 Å². The average molecular weight is 177 g/mol. The first-order valence-electron chi connectivity index (χ1n) is 4.59. The van der Waals surface area contributed by atoms with Crippen LogP contribution in [0.4, 0.5) is 0 Å². The molecule has 13 heavy (non-hydrogen) atoms. The number of rotatable bonds is 0. The van der Waals surface area contributed by atoms with Crippen molar-refractivity contribution in [1.82, 2.24) is 4.90 Å². The van der Waals surface area contributed by atoms with Crippen molar-refractivity contribution < 1.29 is 5.11 Å². The highest BCUT2D eigenvalue weighted by molar-refractivity contribution is 5.34. The summed E-state index contributed by atoms with van der Waals surface area (Å²) in [5, 5.41) is 10.2. The van der Waals surface area contributed by atoms with Gasteiger partial charge in [-0.15, -0.1) is 0 Å². The van der Waals surface area contributed by atoms with Crippen LogP contribution in [0.1, 0.15) is 18.1 Å². The van der Waals surface area contributed by atoms with Gasteiger partial charge in [-0.1, -0.05) is 24.3 Å². The molecule has 0 amide bonds. The van der Waals surface area contributed by atoms with Crippen molar-refractivity contribution in [1.29, 1.82) is 0 Å². The molecule has 70 valence electrons. The summed E-state index contributed by atoms with van der Waals surface area (Å²) < 4.78 is 0. The van der Waals surface area contributed by atoms with E-state index < -0.39 is 5.60 Å². The van der Waals surface area contributed by atoms with Crippen LogP contribution in [0.5, 0.6) is 0 Å². The Morgan fingerprint density at radius 1 is 1.38 bits per heavy atom. The van der Waals surface area contributed by atoms with E-state index in [1.54, 1.807) is 0 Å². The topological polar surface area (TPSA) is 23.5 Å². The molecule has 0 saturated carbocycles. The molecule has 0 spiro atoms. The summed E-state index contributed by atoms with van der Waals surface area (Å²) in [7, 11) is 2.03. The lowest BCUT2D eigenvalue weighted by Crippen LogP contribution is -2.41. The second-order valence-corrected chi connectivity index (χ2v) is 4.10. The first kappa shape index (κ1) is 8.73. The predicted molar refractivity (Wildman–Crippen MR) is 52.3 cm³/mol. The molecule has 2 rings (SSSR count). The number of benzene rings is 1. The largest absolute Gasteiger partial charge is 0.384 e. The Kier molecular flexibility index (Phi) is 1.90. The summed E-state index contributed by atoms with van der Waals surface area (Å²) >= 11 is 0. The van der Waals surface area contributed by atoms with Crippen LogP contribution in [0.15, 0.2) is 24.3 Å². The SMILES string of the molecule is CN1Cc2ccccc2C(C)(O)C1. The number of aliphatic hydroxyl groups is 1. The van der Waals surface area contributed by atoms with Gasteiger partial charge in [-0.25, -0.2) is 0 Å². The summed E-state index contributed by atoms with van der Waals surface area (Å²) in [4.78, 5) is 2.14. The van der Waals surface area contributed by atoms with E-state index >= 15 is 0 Å². The lowest BCUT2D eigenvalue weighted by Gasteiger charge is -2.36. The Labute approximate surface area is 78.8 Å². The Morgan fingerprint density at radius 2 is 2.08 bits per heavy atom. The molecule has 1 aromatic carbocycles. The number of β-amino-alcohol motifs (C(OH)–C–C–N with tert-alkyl or cyclic N) is 1. The van der Waals surface area contributed by atoms with Gasteiger partial charge in [0.25, 0.3) is 0 Å². The third-order valence-electron chi connectivity index (χ3n) is 2.62. The van der Waals surface area contributed by atoms with E-state index in [0.29, 0.717) is 6.54 Å². The quantitative estimate of drug-likeness (QED) is 0.646. The number of hydrogen-bond donors (Lipinski definition) is 1. The molecule has 1 aliphatic heterocycles. The fourth-order valence-corrected chi connectivity index (χ4v) is 2.14. The van der Waals surface area contributed by atoms with E-state index in [-0.39, 0.29) is 0 Å². The summed E-state index contributed by atoms with van der Waals surface area (Å²) in [5.74, 6) is 0. The molecule has 0 radical (unpaired) electrons. The van der Waals surface area contributed by atoms with E-state index in [1.807, 2.05) is 32.2 Å². The molecule has 1 aliphatic rings. The van der Waals surface area contributed by atoms with Gasteiger partial charge in [0, 0.05) is 13.1 Å². The number of hydrogen-bond acceptors (Lipinski definition) is 2. The van der Waals surface area contributed by atoms with Crippen molar-refractivity contribution in [3.05, 3.63) is 35.4 Å². The standard InChI is InChI=1S/C11H15NO/c1-11(13)8-12(2)7-9-5-3-4-6-10(9)11/h3-6,13H,7-8H2,1-2H3. The highest BCUT2D eigenvalue weighted by Gasteiger charge is 2.31. The van der Waals surface area contributed by atoms with Gasteiger partial charge in [0.05, 0.1) is 5.60 Å². The van der Waals surface area contributed by atoms with Crippen molar-refractivity contribution in [2.24, 2.45) is 0 Å². The lowest BCUT2D eigenvalue weighted by molar-refractivity contribution is 0.00846. The molecule has 1 N–H and O–H groups in total. The Hall–Kier alpha value is -0.860. The van der Waals surface area contributed by atoms with Gasteiger partial charge in [0.15, 0.2) is 0 Å². The van der Waals surface area contributed by atoms with Crippen molar-refractivity contribution in [2.45, 2.75) is 19.1 Å². The fourth-order valence-electron chi connectivity index (χ4n) is 2.14. The highest BCUT2D eigenvalue weighted by atomic mass is 16.3. The van der Waals surface area contributed by atoms with E-state index in [0.717, 1.165) is 12.1 Å². The molecule has 2 nitrogen and oxygen atoms in total. The zero-order valence-electron chi connectivity index (χ0n) is 8.12. The molecule has 2 heteroatoms. The first-order chi connectivity index (χ1) is 6.09. The summed E-state index contributed by atoms with van der Waals surface area (Å²) in [6, 6.07) is 8.11. The number of nitrogens with zero attached hydrogens (tertiary/aromatic N) is 1. The second-order valence-electron chi connectivity index (χ2n) is 4.10. The molecular formula is C11H15NO. The molecule has 0 aromatic heterocycles. The van der Waals surface area contributed by atoms with Crippen molar-refractivity contribution >= 4 is 0 Å². The zero-order chi connectivity index (χ0) is 9.47. The maximum Gasteiger partial charge on any atom is 0.0997 e. The third kappa shape index (κ3) is 1.47. The van der Waals surface area contributed by atoms with Crippen LogP contribution in [-0.2, 0) is 12.1 Å². The molecule has 1 aromatic rings. The van der Waals surface area contributed by atoms with Gasteiger partial charge in [-0.3, -0.25) is 4.90 Å². The average Bonchev–Trinajstić information content (AvgIpc) is 2.02. The molecule has 1 heterocycles. The van der Waals surface area contributed by atoms with Gasteiger partial charge in [-0.05, 0) is 25.1 Å². The molecule has 0 aliphatic carbocycles. The normalized spacial score (nSPS) is 28.5. The van der Waals surface area contributed by atoms with Crippen LogP contribution in [0.25, 0.3) is 0 Å². The lowest BCUT2D eigenvalue weighted by atomic mass is 9.87. The van der Waals surface area contributed by atoms with E-state index in [2.05, 4.69) is 11.0 Å². The minimum absolute atomic E-state index is 0.691. The first-order valence-corrected chi connectivity index (χ1v) is 4.59. The van der Waals surface area contributed by atoms with Crippen LogP contribution >= 0.6 is 0 Å².